The summed E-state index contributed by atoms with van der Waals surface area (Å²) in [6, 6.07) is 3.53. The van der Waals surface area contributed by atoms with E-state index >= 15 is 0 Å². The maximum absolute atomic E-state index is 11.8. The Hall–Kier alpha value is -1.62. The number of nitrogens with one attached hydrogen (secondary N) is 2. The van der Waals surface area contributed by atoms with Crippen LogP contribution in [0, 0.1) is 18.8 Å². The van der Waals surface area contributed by atoms with Crippen molar-refractivity contribution in [3.63, 3.8) is 0 Å². The van der Waals surface area contributed by atoms with Crippen LogP contribution in [0.4, 0.5) is 10.5 Å². The van der Waals surface area contributed by atoms with Gasteiger partial charge in [0.05, 0.1) is 18.0 Å². The van der Waals surface area contributed by atoms with E-state index in [1.165, 1.54) is 0 Å². The Labute approximate surface area is 120 Å². The van der Waals surface area contributed by atoms with Crippen LogP contribution >= 0.6 is 0 Å². The first-order valence-electron chi connectivity index (χ1n) is 7.15. The number of rotatable bonds is 4. The fraction of sp³-hybridized carbons (Fsp3) is 0.600. The van der Waals surface area contributed by atoms with Crippen molar-refractivity contribution in [2.24, 2.45) is 11.8 Å². The van der Waals surface area contributed by atoms with Crippen LogP contribution in [-0.2, 0) is 4.74 Å². The normalized spacial score (nSPS) is 22.0. The van der Waals surface area contributed by atoms with Crippen LogP contribution in [0.25, 0.3) is 0 Å². The fourth-order valence-corrected chi connectivity index (χ4v) is 2.55. The van der Waals surface area contributed by atoms with E-state index in [0.717, 1.165) is 18.7 Å². The number of aromatic nitrogens is 1. The zero-order chi connectivity index (χ0) is 14.5. The molecule has 20 heavy (non-hydrogen) atoms. The van der Waals surface area contributed by atoms with Gasteiger partial charge in [0.2, 0.25) is 0 Å². The number of hydrogen-bond donors (Lipinski definition) is 2. The first kappa shape index (κ1) is 14.8. The van der Waals surface area contributed by atoms with Gasteiger partial charge < -0.3 is 15.4 Å². The summed E-state index contributed by atoms with van der Waals surface area (Å²) in [6.45, 7) is 7.66. The van der Waals surface area contributed by atoms with Gasteiger partial charge in [-0.05, 0) is 31.4 Å². The van der Waals surface area contributed by atoms with Gasteiger partial charge in [0.25, 0.3) is 0 Å². The van der Waals surface area contributed by atoms with Gasteiger partial charge >= 0.3 is 6.03 Å². The van der Waals surface area contributed by atoms with Gasteiger partial charge in [-0.15, -0.1) is 0 Å². The summed E-state index contributed by atoms with van der Waals surface area (Å²) in [4.78, 5) is 16.0. The van der Waals surface area contributed by atoms with Gasteiger partial charge in [0.1, 0.15) is 0 Å². The number of ether oxygens (including phenoxy) is 1. The molecular formula is C15H23N3O2. The summed E-state index contributed by atoms with van der Waals surface area (Å²) in [5.74, 6) is 0.880. The number of amides is 2. The highest BCUT2D eigenvalue weighted by Gasteiger charge is 2.30. The number of anilines is 1. The lowest BCUT2D eigenvalue weighted by Gasteiger charge is -2.22. The van der Waals surface area contributed by atoms with Crippen molar-refractivity contribution in [1.29, 1.82) is 0 Å². The predicted molar refractivity (Wildman–Crippen MR) is 78.7 cm³/mol. The number of carbonyl (C=O) groups is 1. The molecule has 2 atom stereocenters. The third-order valence-corrected chi connectivity index (χ3v) is 3.61. The van der Waals surface area contributed by atoms with Gasteiger partial charge in [0, 0.05) is 24.8 Å². The average Bonchev–Trinajstić information content (AvgIpc) is 2.88. The zero-order valence-corrected chi connectivity index (χ0v) is 12.3. The number of hydrogen-bond acceptors (Lipinski definition) is 3. The van der Waals surface area contributed by atoms with Gasteiger partial charge in [-0.3, -0.25) is 4.98 Å². The maximum atomic E-state index is 11.8. The average molecular weight is 277 g/mol. The number of urea groups is 1. The molecule has 0 bridgehead atoms. The molecule has 1 saturated heterocycles. The summed E-state index contributed by atoms with van der Waals surface area (Å²) in [5.41, 5.74) is 1.63. The highest BCUT2D eigenvalue weighted by Crippen LogP contribution is 2.26. The molecule has 0 saturated carbocycles. The van der Waals surface area contributed by atoms with Crippen molar-refractivity contribution >= 4 is 11.7 Å². The molecule has 2 N–H and O–H groups in total. The third kappa shape index (κ3) is 3.93. The number of nitrogens with zero attached hydrogens (tertiary/aromatic N) is 1. The highest BCUT2D eigenvalue weighted by molar-refractivity contribution is 5.88. The molecule has 1 aliphatic rings. The van der Waals surface area contributed by atoms with Gasteiger partial charge in [-0.2, -0.15) is 0 Å². The van der Waals surface area contributed by atoms with E-state index in [9.17, 15) is 4.79 Å². The van der Waals surface area contributed by atoms with E-state index in [1.807, 2.05) is 19.1 Å². The zero-order valence-electron chi connectivity index (χ0n) is 12.3. The molecular weight excluding hydrogens is 254 g/mol. The van der Waals surface area contributed by atoms with Crippen molar-refractivity contribution in [2.75, 3.05) is 18.5 Å². The SMILES string of the molecule is Cc1ccc(NC(=O)NC[C@H]2CCO[C@@H]2C(C)C)cn1. The van der Waals surface area contributed by atoms with E-state index < -0.39 is 0 Å². The summed E-state index contributed by atoms with van der Waals surface area (Å²) in [5, 5.41) is 5.70. The quantitative estimate of drug-likeness (QED) is 0.889. The van der Waals surface area contributed by atoms with Gasteiger partial charge in [-0.1, -0.05) is 13.8 Å². The molecule has 1 aromatic heterocycles. The minimum Gasteiger partial charge on any atom is -0.378 e. The molecule has 0 aliphatic carbocycles. The van der Waals surface area contributed by atoms with Crippen LogP contribution in [0.3, 0.4) is 0 Å². The van der Waals surface area contributed by atoms with Crippen LogP contribution in [0.15, 0.2) is 18.3 Å². The van der Waals surface area contributed by atoms with Gasteiger partial charge in [0.15, 0.2) is 0 Å². The first-order valence-corrected chi connectivity index (χ1v) is 7.15. The maximum Gasteiger partial charge on any atom is 0.319 e. The van der Waals surface area contributed by atoms with Crippen LogP contribution in [0.2, 0.25) is 0 Å². The summed E-state index contributed by atoms with van der Waals surface area (Å²) < 4.78 is 5.71. The number of pyridine rings is 1. The van der Waals surface area contributed by atoms with Crippen LogP contribution in [0.1, 0.15) is 26.0 Å². The molecule has 2 heterocycles. The number of carbonyl (C=O) groups excluding carboxylic acids is 1. The Morgan fingerprint density at radius 1 is 1.50 bits per heavy atom. The molecule has 5 nitrogen and oxygen atoms in total. The van der Waals surface area contributed by atoms with Crippen LogP contribution < -0.4 is 10.6 Å². The fourth-order valence-electron chi connectivity index (χ4n) is 2.55. The Bertz CT molecular complexity index is 445. The van der Waals surface area contributed by atoms with Crippen LogP contribution in [-0.4, -0.2) is 30.3 Å². The van der Waals surface area contributed by atoms with Crippen molar-refractivity contribution in [3.8, 4) is 0 Å². The van der Waals surface area contributed by atoms with E-state index in [2.05, 4.69) is 29.5 Å². The molecule has 1 fully saturated rings. The molecule has 0 aromatic carbocycles. The third-order valence-electron chi connectivity index (χ3n) is 3.61. The first-order chi connectivity index (χ1) is 9.56. The largest absolute Gasteiger partial charge is 0.378 e. The molecule has 2 rings (SSSR count). The second kappa shape index (κ2) is 6.70. The molecule has 0 spiro atoms. The summed E-state index contributed by atoms with van der Waals surface area (Å²) >= 11 is 0. The molecule has 1 aliphatic heterocycles. The lowest BCUT2D eigenvalue weighted by molar-refractivity contribution is 0.0546. The van der Waals surface area contributed by atoms with E-state index in [4.69, 9.17) is 4.74 Å². The Morgan fingerprint density at radius 3 is 2.95 bits per heavy atom. The standard InChI is InChI=1S/C15H23N3O2/c1-10(2)14-12(6-7-20-14)8-17-15(19)18-13-5-4-11(3)16-9-13/h4-5,9-10,12,14H,6-8H2,1-3H3,(H2,17,18,19)/t12-,14-/m1/s1. The lowest BCUT2D eigenvalue weighted by atomic mass is 9.93. The molecule has 110 valence electrons. The molecule has 1 aromatic rings. The Morgan fingerprint density at radius 2 is 2.30 bits per heavy atom. The Kier molecular flexibility index (Phi) is 4.95. The monoisotopic (exact) mass is 277 g/mol. The molecule has 2 amide bonds. The Balaban J connectivity index is 1.79. The van der Waals surface area contributed by atoms with Crippen LogP contribution in [0.5, 0.6) is 0 Å². The van der Waals surface area contributed by atoms with E-state index in [1.54, 1.807) is 6.20 Å². The number of aryl methyl sites for hydroxylation is 1. The molecule has 0 unspecified atom stereocenters. The lowest BCUT2D eigenvalue weighted by Crippen LogP contribution is -2.37. The van der Waals surface area contributed by atoms with Crippen molar-refractivity contribution in [3.05, 3.63) is 24.0 Å². The predicted octanol–water partition coefficient (Wildman–Crippen LogP) is 2.57. The molecule has 5 heteroatoms. The topological polar surface area (TPSA) is 63.2 Å². The molecule has 0 radical (unpaired) electrons. The second-order valence-corrected chi connectivity index (χ2v) is 5.65. The summed E-state index contributed by atoms with van der Waals surface area (Å²) in [7, 11) is 0. The second-order valence-electron chi connectivity index (χ2n) is 5.65. The van der Waals surface area contributed by atoms with E-state index in [0.29, 0.717) is 24.1 Å². The smallest absolute Gasteiger partial charge is 0.319 e. The van der Waals surface area contributed by atoms with Crippen molar-refractivity contribution in [2.45, 2.75) is 33.3 Å². The van der Waals surface area contributed by atoms with Gasteiger partial charge in [-0.25, -0.2) is 4.79 Å². The highest BCUT2D eigenvalue weighted by atomic mass is 16.5. The van der Waals surface area contributed by atoms with Crippen molar-refractivity contribution in [1.82, 2.24) is 10.3 Å². The minimum absolute atomic E-state index is 0.190. The van der Waals surface area contributed by atoms with Crippen molar-refractivity contribution < 1.29 is 9.53 Å². The summed E-state index contributed by atoms with van der Waals surface area (Å²) in [6.07, 6.45) is 2.91. The minimum atomic E-state index is -0.190. The van der Waals surface area contributed by atoms with E-state index in [-0.39, 0.29) is 12.1 Å².